The summed E-state index contributed by atoms with van der Waals surface area (Å²) in [5.74, 6) is -0.0259. The molecular formula is C30H29N3O4. The van der Waals surface area contributed by atoms with Gasteiger partial charge in [-0.15, -0.1) is 0 Å². The van der Waals surface area contributed by atoms with E-state index in [0.717, 1.165) is 27.9 Å². The van der Waals surface area contributed by atoms with Crippen molar-refractivity contribution in [2.75, 3.05) is 11.9 Å². The molecule has 0 saturated carbocycles. The van der Waals surface area contributed by atoms with Crippen molar-refractivity contribution in [2.45, 2.75) is 19.6 Å². The van der Waals surface area contributed by atoms with Gasteiger partial charge in [0, 0.05) is 24.4 Å². The summed E-state index contributed by atoms with van der Waals surface area (Å²) in [6, 6.07) is 34.1. The number of carbonyl (C=O) groups excluding carboxylic acids is 1. The molecule has 0 aliphatic carbocycles. The summed E-state index contributed by atoms with van der Waals surface area (Å²) in [4.78, 5) is 22.9. The Kier molecular flexibility index (Phi) is 8.49. The molecule has 0 unspecified atom stereocenters. The lowest BCUT2D eigenvalue weighted by Crippen LogP contribution is -2.33. The SMILES string of the molecule is C[C@@H](CNC(=O)OCc1ccccc1)[C@H](Nc1ccc([N+](=O)[O-])cc1)c1ccc(-c2ccccc2)cc1. The number of anilines is 1. The molecule has 7 nitrogen and oxygen atoms in total. The second-order valence-electron chi connectivity index (χ2n) is 8.83. The number of nitrogens with zero attached hydrogens (tertiary/aromatic N) is 1. The Morgan fingerprint density at radius 1 is 0.838 bits per heavy atom. The number of benzene rings is 4. The highest BCUT2D eigenvalue weighted by Crippen LogP contribution is 2.29. The van der Waals surface area contributed by atoms with E-state index in [9.17, 15) is 14.9 Å². The highest BCUT2D eigenvalue weighted by molar-refractivity contribution is 5.67. The van der Waals surface area contributed by atoms with E-state index in [1.54, 1.807) is 12.1 Å². The molecule has 188 valence electrons. The molecule has 2 N–H and O–H groups in total. The summed E-state index contributed by atoms with van der Waals surface area (Å²) in [5.41, 5.74) is 4.97. The van der Waals surface area contributed by atoms with Gasteiger partial charge >= 0.3 is 6.09 Å². The fourth-order valence-corrected chi connectivity index (χ4v) is 4.06. The lowest BCUT2D eigenvalue weighted by Gasteiger charge is -2.27. The number of nitrogens with one attached hydrogen (secondary N) is 2. The van der Waals surface area contributed by atoms with Gasteiger partial charge in [0.25, 0.3) is 5.69 Å². The predicted octanol–water partition coefficient (Wildman–Crippen LogP) is 6.98. The van der Waals surface area contributed by atoms with E-state index in [0.29, 0.717) is 6.54 Å². The number of alkyl carbamates (subject to hydrolysis) is 1. The molecule has 4 aromatic carbocycles. The second kappa shape index (κ2) is 12.4. The fraction of sp³-hybridized carbons (Fsp3) is 0.167. The average Bonchev–Trinajstić information content (AvgIpc) is 2.95. The summed E-state index contributed by atoms with van der Waals surface area (Å²) in [7, 11) is 0. The van der Waals surface area contributed by atoms with Crippen LogP contribution in [-0.2, 0) is 11.3 Å². The van der Waals surface area contributed by atoms with E-state index in [2.05, 4.69) is 47.0 Å². The largest absolute Gasteiger partial charge is 0.445 e. The Balaban J connectivity index is 1.46. The first-order valence-electron chi connectivity index (χ1n) is 12.1. The van der Waals surface area contributed by atoms with Gasteiger partial charge in [0.15, 0.2) is 0 Å². The van der Waals surface area contributed by atoms with Crippen LogP contribution in [0.25, 0.3) is 11.1 Å². The summed E-state index contributed by atoms with van der Waals surface area (Å²) < 4.78 is 5.35. The first kappa shape index (κ1) is 25.4. The van der Waals surface area contributed by atoms with Gasteiger partial charge in [0.2, 0.25) is 0 Å². The standard InChI is InChI=1S/C30H29N3O4/c1-22(20-31-30(34)37-21-23-8-4-2-5-9-23)29(32-27-16-18-28(19-17-27)33(35)36)26-14-12-25(13-15-26)24-10-6-3-7-11-24/h2-19,22,29,32H,20-21H2,1H3,(H,31,34)/t22-,29-/m0/s1. The summed E-state index contributed by atoms with van der Waals surface area (Å²) in [6.07, 6.45) is -0.482. The second-order valence-corrected chi connectivity index (χ2v) is 8.83. The van der Waals surface area contributed by atoms with Crippen LogP contribution in [0.4, 0.5) is 16.2 Å². The average molecular weight is 496 g/mol. The predicted molar refractivity (Wildman–Crippen MR) is 145 cm³/mol. The normalized spacial score (nSPS) is 12.2. The lowest BCUT2D eigenvalue weighted by molar-refractivity contribution is -0.384. The van der Waals surface area contributed by atoms with Gasteiger partial charge in [-0.3, -0.25) is 10.1 Å². The highest BCUT2D eigenvalue weighted by Gasteiger charge is 2.21. The van der Waals surface area contributed by atoms with Gasteiger partial charge in [-0.05, 0) is 40.3 Å². The number of hydrogen-bond donors (Lipinski definition) is 2. The molecule has 0 heterocycles. The molecule has 1 amide bonds. The number of non-ortho nitro benzene ring substituents is 1. The zero-order chi connectivity index (χ0) is 26.0. The van der Waals surface area contributed by atoms with Gasteiger partial charge in [-0.25, -0.2) is 4.79 Å². The van der Waals surface area contributed by atoms with Crippen LogP contribution >= 0.6 is 0 Å². The van der Waals surface area contributed by atoms with Crippen molar-refractivity contribution in [3.05, 3.63) is 130 Å². The molecule has 0 aliphatic rings. The van der Waals surface area contributed by atoms with Crippen molar-refractivity contribution in [3.63, 3.8) is 0 Å². The molecule has 0 spiro atoms. The number of hydrogen-bond acceptors (Lipinski definition) is 5. The van der Waals surface area contributed by atoms with Crippen LogP contribution in [0.5, 0.6) is 0 Å². The quantitative estimate of drug-likeness (QED) is 0.183. The van der Waals surface area contributed by atoms with Crippen molar-refractivity contribution in [2.24, 2.45) is 5.92 Å². The van der Waals surface area contributed by atoms with E-state index < -0.39 is 11.0 Å². The van der Waals surface area contributed by atoms with Crippen molar-refractivity contribution >= 4 is 17.5 Å². The highest BCUT2D eigenvalue weighted by atomic mass is 16.6. The van der Waals surface area contributed by atoms with E-state index in [-0.39, 0.29) is 24.3 Å². The molecule has 37 heavy (non-hydrogen) atoms. The van der Waals surface area contributed by atoms with Crippen LogP contribution < -0.4 is 10.6 Å². The van der Waals surface area contributed by atoms with E-state index in [1.807, 2.05) is 55.5 Å². The van der Waals surface area contributed by atoms with Crippen LogP contribution in [0.2, 0.25) is 0 Å². The molecule has 0 saturated heterocycles. The fourth-order valence-electron chi connectivity index (χ4n) is 4.06. The maximum Gasteiger partial charge on any atom is 0.407 e. The van der Waals surface area contributed by atoms with Gasteiger partial charge in [0.05, 0.1) is 11.0 Å². The van der Waals surface area contributed by atoms with E-state index in [4.69, 9.17) is 4.74 Å². The first-order valence-corrected chi connectivity index (χ1v) is 12.1. The third-order valence-corrected chi connectivity index (χ3v) is 6.13. The Bertz CT molecular complexity index is 1290. The van der Waals surface area contributed by atoms with Gasteiger partial charge < -0.3 is 15.4 Å². The first-order chi connectivity index (χ1) is 18.0. The minimum Gasteiger partial charge on any atom is -0.445 e. The zero-order valence-electron chi connectivity index (χ0n) is 20.5. The van der Waals surface area contributed by atoms with Gasteiger partial charge in [-0.2, -0.15) is 0 Å². The summed E-state index contributed by atoms with van der Waals surface area (Å²) in [6.45, 7) is 2.61. The van der Waals surface area contributed by atoms with Crippen LogP contribution in [0.3, 0.4) is 0 Å². The third kappa shape index (κ3) is 7.18. The van der Waals surface area contributed by atoms with Crippen molar-refractivity contribution in [3.8, 4) is 11.1 Å². The maximum atomic E-state index is 12.3. The molecule has 0 aromatic heterocycles. The zero-order valence-corrected chi connectivity index (χ0v) is 20.5. The Hall–Kier alpha value is -4.65. The number of ether oxygens (including phenoxy) is 1. The van der Waals surface area contributed by atoms with E-state index >= 15 is 0 Å². The van der Waals surface area contributed by atoms with Crippen molar-refractivity contribution in [1.82, 2.24) is 5.32 Å². The molecule has 4 rings (SSSR count). The monoisotopic (exact) mass is 495 g/mol. The molecule has 7 heteroatoms. The number of nitro groups is 1. The number of rotatable bonds is 10. The maximum absolute atomic E-state index is 12.3. The van der Waals surface area contributed by atoms with Gasteiger partial charge in [-0.1, -0.05) is 91.9 Å². The third-order valence-electron chi connectivity index (χ3n) is 6.13. The molecule has 0 fully saturated rings. The minimum absolute atomic E-state index is 0.0259. The van der Waals surface area contributed by atoms with Crippen LogP contribution in [0, 0.1) is 16.0 Å². The van der Waals surface area contributed by atoms with Crippen LogP contribution in [0.1, 0.15) is 24.1 Å². The number of carbonyl (C=O) groups is 1. The number of amides is 1. The Morgan fingerprint density at radius 2 is 1.43 bits per heavy atom. The molecule has 0 radical (unpaired) electrons. The molecular weight excluding hydrogens is 466 g/mol. The van der Waals surface area contributed by atoms with Crippen molar-refractivity contribution < 1.29 is 14.5 Å². The lowest BCUT2D eigenvalue weighted by atomic mass is 9.92. The Labute approximate surface area is 216 Å². The molecule has 0 aliphatic heterocycles. The van der Waals surface area contributed by atoms with Gasteiger partial charge in [0.1, 0.15) is 6.61 Å². The molecule has 4 aromatic rings. The summed E-state index contributed by atoms with van der Waals surface area (Å²) in [5, 5.41) is 17.4. The molecule has 2 atom stereocenters. The van der Waals surface area contributed by atoms with Crippen LogP contribution in [0.15, 0.2) is 109 Å². The minimum atomic E-state index is -0.482. The molecule has 0 bridgehead atoms. The Morgan fingerprint density at radius 3 is 2.05 bits per heavy atom. The smallest absolute Gasteiger partial charge is 0.407 e. The van der Waals surface area contributed by atoms with E-state index in [1.165, 1.54) is 12.1 Å². The number of nitro benzene ring substituents is 1. The topological polar surface area (TPSA) is 93.5 Å². The van der Waals surface area contributed by atoms with Crippen LogP contribution in [-0.4, -0.2) is 17.6 Å². The summed E-state index contributed by atoms with van der Waals surface area (Å²) >= 11 is 0. The van der Waals surface area contributed by atoms with Crippen molar-refractivity contribution in [1.29, 1.82) is 0 Å².